The van der Waals surface area contributed by atoms with Gasteiger partial charge in [-0.2, -0.15) is 0 Å². The summed E-state index contributed by atoms with van der Waals surface area (Å²) >= 11 is 20.9. The first-order valence-corrected chi connectivity index (χ1v) is 13.4. The molecule has 1 aromatic heterocycles. The van der Waals surface area contributed by atoms with Crippen LogP contribution >= 0.6 is 34.8 Å². The van der Waals surface area contributed by atoms with Crippen molar-refractivity contribution < 1.29 is 23.5 Å². The second-order valence-corrected chi connectivity index (χ2v) is 12.4. The van der Waals surface area contributed by atoms with E-state index in [1.165, 1.54) is 12.3 Å². The minimum absolute atomic E-state index is 0.0333. The van der Waals surface area contributed by atoms with Crippen LogP contribution in [0.15, 0.2) is 46.6 Å². The lowest BCUT2D eigenvalue weighted by Crippen LogP contribution is -2.68. The predicted octanol–water partition coefficient (Wildman–Crippen LogP) is 6.12. The lowest BCUT2D eigenvalue weighted by Gasteiger charge is -2.64. The fourth-order valence-corrected chi connectivity index (χ4v) is 9.45. The maximum atomic E-state index is 13.6. The van der Waals surface area contributed by atoms with Gasteiger partial charge in [0.25, 0.3) is 0 Å². The summed E-state index contributed by atoms with van der Waals surface area (Å²) in [5, 5.41) is -0.544. The van der Waals surface area contributed by atoms with Gasteiger partial charge in [-0.3, -0.25) is 9.59 Å². The highest BCUT2D eigenvalue weighted by molar-refractivity contribution is 6.34. The molecule has 1 unspecified atom stereocenters. The largest absolute Gasteiger partial charge is 0.457 e. The fourth-order valence-electron chi connectivity index (χ4n) is 8.02. The number of alkyl halides is 3. The number of fused-ring (bicyclic) bond motifs is 5. The lowest BCUT2D eigenvalue weighted by atomic mass is 9.46. The van der Waals surface area contributed by atoms with Crippen LogP contribution in [0.5, 0.6) is 0 Å². The van der Waals surface area contributed by atoms with Crippen molar-refractivity contribution in [3.05, 3.63) is 48.0 Å². The van der Waals surface area contributed by atoms with Crippen LogP contribution in [0.2, 0.25) is 0 Å². The van der Waals surface area contributed by atoms with E-state index in [-0.39, 0.29) is 41.0 Å². The molecule has 0 spiro atoms. The molecule has 4 aliphatic carbocycles. The third-order valence-electron chi connectivity index (χ3n) is 9.65. The molecule has 3 fully saturated rings. The van der Waals surface area contributed by atoms with Gasteiger partial charge < -0.3 is 9.15 Å². The van der Waals surface area contributed by atoms with Crippen molar-refractivity contribution in [2.45, 2.75) is 62.3 Å². The Hall–Kier alpha value is -1.56. The van der Waals surface area contributed by atoms with E-state index in [1.54, 1.807) is 18.2 Å². The van der Waals surface area contributed by atoms with E-state index in [2.05, 4.69) is 6.92 Å². The highest BCUT2D eigenvalue weighted by atomic mass is 35.5. The number of rotatable bonds is 4. The lowest BCUT2D eigenvalue weighted by molar-refractivity contribution is -0.164. The van der Waals surface area contributed by atoms with Gasteiger partial charge in [0.05, 0.1) is 22.4 Å². The Labute approximate surface area is 220 Å². The molecular weight excluding hydrogens is 511 g/mol. The number of hydrogen-bond donors (Lipinski definition) is 0. The van der Waals surface area contributed by atoms with Gasteiger partial charge in [-0.25, -0.2) is 4.79 Å². The number of furan rings is 1. The van der Waals surface area contributed by atoms with Crippen molar-refractivity contribution in [2.75, 3.05) is 5.88 Å². The van der Waals surface area contributed by atoms with Crippen LogP contribution in [0, 0.1) is 28.6 Å². The Morgan fingerprint density at radius 2 is 2.00 bits per heavy atom. The number of Topliss-reactive ketones (excluding diaryl/α,β-unsaturated/α-hetero) is 1. The summed E-state index contributed by atoms with van der Waals surface area (Å²) in [5.74, 6) is -1.68. The number of carbonyl (C=O) groups excluding carboxylic acids is 3. The van der Waals surface area contributed by atoms with E-state index in [0.717, 1.165) is 18.4 Å². The van der Waals surface area contributed by atoms with Crippen LogP contribution in [-0.2, 0) is 14.3 Å². The first-order chi connectivity index (χ1) is 16.5. The minimum Gasteiger partial charge on any atom is -0.457 e. The topological polar surface area (TPSA) is 73.6 Å². The minimum atomic E-state index is -1.45. The molecule has 188 valence electrons. The smallest absolute Gasteiger partial charge is 0.375 e. The van der Waals surface area contributed by atoms with Gasteiger partial charge in [-0.1, -0.05) is 32.4 Å². The summed E-state index contributed by atoms with van der Waals surface area (Å²) in [6.07, 6.45) is 9.04. The molecule has 0 aromatic carbocycles. The van der Waals surface area contributed by atoms with Crippen LogP contribution in [0.25, 0.3) is 0 Å². The standard InChI is InChI=1S/C27H29Cl3O5/c1-15-11-19-18-7-6-16-12-17(31)8-9-24(16,2)26(18,30)21(29)13-25(19,3)27(15,22(32)14-28)35-23(33)20-5-4-10-34-20/h4-5,8-10,12,15,18-19,21H,6-7,11,13-14H2,1-3H3/t15-,18?,19+,21+,24+,25+,26+,27+/m1/s1. The summed E-state index contributed by atoms with van der Waals surface area (Å²) in [4.78, 5) is 38.0. The predicted molar refractivity (Wildman–Crippen MR) is 134 cm³/mol. The van der Waals surface area contributed by atoms with Gasteiger partial charge in [-0.05, 0) is 61.8 Å². The summed E-state index contributed by atoms with van der Waals surface area (Å²) in [7, 11) is 0. The second-order valence-electron chi connectivity index (χ2n) is 11.0. The molecular formula is C27H29Cl3O5. The maximum absolute atomic E-state index is 13.6. The average Bonchev–Trinajstić information content (AvgIpc) is 3.42. The third kappa shape index (κ3) is 3.10. The van der Waals surface area contributed by atoms with Gasteiger partial charge in [0.15, 0.2) is 17.2 Å². The number of esters is 1. The Morgan fingerprint density at radius 1 is 1.26 bits per heavy atom. The zero-order valence-electron chi connectivity index (χ0n) is 20.0. The zero-order valence-corrected chi connectivity index (χ0v) is 22.3. The van der Waals surface area contributed by atoms with Gasteiger partial charge in [0.2, 0.25) is 5.76 Å². The number of ketones is 2. The maximum Gasteiger partial charge on any atom is 0.375 e. The Balaban J connectivity index is 1.61. The third-order valence-corrected chi connectivity index (χ3v) is 11.4. The molecule has 0 amide bonds. The van der Waals surface area contributed by atoms with E-state index < -0.39 is 32.7 Å². The molecule has 0 bridgehead atoms. The van der Waals surface area contributed by atoms with Crippen LogP contribution in [-0.4, -0.2) is 39.3 Å². The molecule has 0 aliphatic heterocycles. The van der Waals surface area contributed by atoms with E-state index in [0.29, 0.717) is 12.8 Å². The summed E-state index contributed by atoms with van der Waals surface area (Å²) < 4.78 is 11.4. The zero-order chi connectivity index (χ0) is 25.4. The van der Waals surface area contributed by atoms with Gasteiger partial charge in [0, 0.05) is 16.7 Å². The van der Waals surface area contributed by atoms with Crippen molar-refractivity contribution >= 4 is 52.3 Å². The first-order valence-electron chi connectivity index (χ1n) is 12.1. The van der Waals surface area contributed by atoms with Crippen molar-refractivity contribution in [1.29, 1.82) is 0 Å². The molecule has 8 atom stereocenters. The Morgan fingerprint density at radius 3 is 2.66 bits per heavy atom. The highest BCUT2D eigenvalue weighted by Crippen LogP contribution is 2.73. The number of carbonyl (C=O) groups is 3. The summed E-state index contributed by atoms with van der Waals surface area (Å²) in [6, 6.07) is 3.12. The summed E-state index contributed by atoms with van der Waals surface area (Å²) in [5.41, 5.74) is -1.81. The van der Waals surface area contributed by atoms with E-state index in [9.17, 15) is 14.4 Å². The summed E-state index contributed by atoms with van der Waals surface area (Å²) in [6.45, 7) is 6.00. The van der Waals surface area contributed by atoms with Crippen LogP contribution in [0.4, 0.5) is 0 Å². The number of ether oxygens (including phenoxy) is 1. The molecule has 0 radical (unpaired) electrons. The van der Waals surface area contributed by atoms with Crippen molar-refractivity contribution in [2.24, 2.45) is 28.6 Å². The highest BCUT2D eigenvalue weighted by Gasteiger charge is 2.76. The molecule has 8 heteroatoms. The molecule has 1 heterocycles. The molecule has 5 rings (SSSR count). The Kier molecular flexibility index (Phi) is 5.90. The molecule has 1 aromatic rings. The normalized spacial score (nSPS) is 44.2. The first kappa shape index (κ1) is 25.1. The Bertz CT molecular complexity index is 1140. The molecule has 3 saturated carbocycles. The van der Waals surface area contributed by atoms with Crippen molar-refractivity contribution in [3.8, 4) is 0 Å². The van der Waals surface area contributed by atoms with Crippen LogP contribution in [0.3, 0.4) is 0 Å². The number of hydrogen-bond acceptors (Lipinski definition) is 5. The quantitative estimate of drug-likeness (QED) is 0.341. The monoisotopic (exact) mass is 538 g/mol. The van der Waals surface area contributed by atoms with Gasteiger partial charge in [-0.15, -0.1) is 34.8 Å². The van der Waals surface area contributed by atoms with Crippen molar-refractivity contribution in [3.63, 3.8) is 0 Å². The SMILES string of the molecule is C[C@@H]1C[C@H]2C3CCC4=CC(=O)C=C[C@]4(C)[C@@]3(Cl)[C@@H](Cl)C[C@]2(C)[C@@]1(OC(=O)c1ccco1)C(=O)CCl. The van der Waals surface area contributed by atoms with E-state index in [4.69, 9.17) is 44.0 Å². The molecule has 35 heavy (non-hydrogen) atoms. The van der Waals surface area contributed by atoms with Gasteiger partial charge in [0.1, 0.15) is 0 Å². The van der Waals surface area contributed by atoms with E-state index in [1.807, 2.05) is 19.9 Å². The molecule has 4 aliphatic rings. The molecule has 0 N–H and O–H groups in total. The fraction of sp³-hybridized carbons (Fsp3) is 0.593. The van der Waals surface area contributed by atoms with Crippen LogP contribution in [0.1, 0.15) is 57.0 Å². The average molecular weight is 540 g/mol. The number of halogens is 3. The number of allylic oxidation sites excluding steroid dienone is 4. The van der Waals surface area contributed by atoms with E-state index >= 15 is 0 Å². The van der Waals surface area contributed by atoms with Gasteiger partial charge >= 0.3 is 5.97 Å². The van der Waals surface area contributed by atoms with Crippen LogP contribution < -0.4 is 0 Å². The second kappa shape index (κ2) is 8.22. The van der Waals surface area contributed by atoms with Crippen molar-refractivity contribution in [1.82, 2.24) is 0 Å². The molecule has 0 saturated heterocycles. The molecule has 5 nitrogen and oxygen atoms in total.